The topological polar surface area (TPSA) is 61.0 Å². The molecule has 0 radical (unpaired) electrons. The smallest absolute Gasteiger partial charge is 0.318 e. The van der Waals surface area contributed by atoms with E-state index in [1.165, 1.54) is 24.8 Å². The summed E-state index contributed by atoms with van der Waals surface area (Å²) in [6, 6.07) is 10.6. The highest BCUT2D eigenvalue weighted by atomic mass is 16.5. The molecule has 0 spiro atoms. The van der Waals surface area contributed by atoms with Gasteiger partial charge in [0.25, 0.3) is 0 Å². The van der Waals surface area contributed by atoms with E-state index in [1.807, 2.05) is 0 Å². The third kappa shape index (κ3) is 5.02. The SMILES string of the molecule is CCCC(CC)Cc1ccc(COc2nccc(N)n2)cc1. The van der Waals surface area contributed by atoms with Gasteiger partial charge in [0, 0.05) is 6.20 Å². The number of nitrogen functional groups attached to an aromatic ring is 1. The fraction of sp³-hybridized carbons (Fsp3) is 0.444. The molecule has 1 aromatic carbocycles. The molecule has 118 valence electrons. The molecule has 0 fully saturated rings. The zero-order valence-corrected chi connectivity index (χ0v) is 13.5. The van der Waals surface area contributed by atoms with Crippen LogP contribution in [-0.2, 0) is 13.0 Å². The van der Waals surface area contributed by atoms with Crippen LogP contribution in [0.3, 0.4) is 0 Å². The maximum Gasteiger partial charge on any atom is 0.318 e. The Bertz CT molecular complexity index is 569. The quantitative estimate of drug-likeness (QED) is 0.800. The van der Waals surface area contributed by atoms with Crippen LogP contribution in [0.25, 0.3) is 0 Å². The molecule has 0 aliphatic carbocycles. The van der Waals surface area contributed by atoms with Crippen molar-refractivity contribution >= 4 is 5.82 Å². The van der Waals surface area contributed by atoms with Gasteiger partial charge in [0.05, 0.1) is 0 Å². The number of nitrogens with two attached hydrogens (primary N) is 1. The Kier molecular flexibility index (Phi) is 6.19. The predicted molar refractivity (Wildman–Crippen MR) is 89.6 cm³/mol. The number of hydrogen-bond donors (Lipinski definition) is 1. The molecule has 2 aromatic rings. The summed E-state index contributed by atoms with van der Waals surface area (Å²) < 4.78 is 5.55. The number of benzene rings is 1. The Morgan fingerprint density at radius 2 is 1.82 bits per heavy atom. The van der Waals surface area contributed by atoms with Crippen molar-refractivity contribution in [1.29, 1.82) is 0 Å². The molecule has 1 heterocycles. The van der Waals surface area contributed by atoms with Gasteiger partial charge in [0.2, 0.25) is 0 Å². The van der Waals surface area contributed by atoms with Crippen molar-refractivity contribution in [2.24, 2.45) is 5.92 Å². The summed E-state index contributed by atoms with van der Waals surface area (Å²) in [6.07, 6.45) is 6.55. The Morgan fingerprint density at radius 3 is 2.45 bits per heavy atom. The van der Waals surface area contributed by atoms with E-state index in [9.17, 15) is 0 Å². The molecule has 0 saturated carbocycles. The van der Waals surface area contributed by atoms with E-state index >= 15 is 0 Å². The van der Waals surface area contributed by atoms with Gasteiger partial charge >= 0.3 is 6.01 Å². The van der Waals surface area contributed by atoms with Crippen LogP contribution in [0.2, 0.25) is 0 Å². The second kappa shape index (κ2) is 8.37. The van der Waals surface area contributed by atoms with Crippen LogP contribution in [0.5, 0.6) is 6.01 Å². The first kappa shape index (κ1) is 16.3. The van der Waals surface area contributed by atoms with Crippen molar-refractivity contribution in [3.05, 3.63) is 47.7 Å². The van der Waals surface area contributed by atoms with Crippen molar-refractivity contribution in [3.63, 3.8) is 0 Å². The number of aromatic nitrogens is 2. The highest BCUT2D eigenvalue weighted by Crippen LogP contribution is 2.18. The van der Waals surface area contributed by atoms with Gasteiger partial charge in [-0.3, -0.25) is 0 Å². The zero-order valence-electron chi connectivity index (χ0n) is 13.5. The van der Waals surface area contributed by atoms with Crippen molar-refractivity contribution in [3.8, 4) is 6.01 Å². The summed E-state index contributed by atoms with van der Waals surface area (Å²) in [4.78, 5) is 8.05. The van der Waals surface area contributed by atoms with E-state index in [0.29, 0.717) is 18.4 Å². The van der Waals surface area contributed by atoms with Crippen molar-refractivity contribution < 1.29 is 4.74 Å². The lowest BCUT2D eigenvalue weighted by Gasteiger charge is -2.14. The van der Waals surface area contributed by atoms with Crippen LogP contribution in [0, 0.1) is 5.92 Å². The molecule has 4 heteroatoms. The van der Waals surface area contributed by atoms with Crippen LogP contribution in [0.1, 0.15) is 44.2 Å². The monoisotopic (exact) mass is 299 g/mol. The summed E-state index contributed by atoms with van der Waals surface area (Å²) in [5.41, 5.74) is 8.10. The summed E-state index contributed by atoms with van der Waals surface area (Å²) in [5.74, 6) is 1.20. The highest BCUT2D eigenvalue weighted by molar-refractivity contribution is 5.27. The first-order valence-corrected chi connectivity index (χ1v) is 8.00. The Labute approximate surface area is 132 Å². The maximum atomic E-state index is 5.60. The van der Waals surface area contributed by atoms with Crippen LogP contribution in [0.15, 0.2) is 36.5 Å². The number of anilines is 1. The summed E-state index contributed by atoms with van der Waals surface area (Å²) in [5, 5.41) is 0. The molecular formula is C18H25N3O. The van der Waals surface area contributed by atoms with Crippen LogP contribution < -0.4 is 10.5 Å². The molecule has 0 saturated heterocycles. The fourth-order valence-corrected chi connectivity index (χ4v) is 2.54. The van der Waals surface area contributed by atoms with Gasteiger partial charge in [-0.05, 0) is 29.5 Å². The molecule has 0 aliphatic rings. The van der Waals surface area contributed by atoms with Gasteiger partial charge in [0.1, 0.15) is 12.4 Å². The molecule has 4 nitrogen and oxygen atoms in total. The van der Waals surface area contributed by atoms with Gasteiger partial charge in [-0.15, -0.1) is 0 Å². The van der Waals surface area contributed by atoms with E-state index in [1.54, 1.807) is 12.3 Å². The summed E-state index contributed by atoms with van der Waals surface area (Å²) >= 11 is 0. The van der Waals surface area contributed by atoms with Crippen LogP contribution in [-0.4, -0.2) is 9.97 Å². The predicted octanol–water partition coefficient (Wildman–Crippen LogP) is 4.01. The van der Waals surface area contributed by atoms with Gasteiger partial charge in [0.15, 0.2) is 0 Å². The average Bonchev–Trinajstić information content (AvgIpc) is 2.54. The molecule has 0 aliphatic heterocycles. The van der Waals surface area contributed by atoms with Gasteiger partial charge < -0.3 is 10.5 Å². The molecular weight excluding hydrogens is 274 g/mol. The average molecular weight is 299 g/mol. The normalized spacial score (nSPS) is 12.1. The van der Waals surface area contributed by atoms with E-state index < -0.39 is 0 Å². The Hall–Kier alpha value is -2.10. The molecule has 0 bridgehead atoms. The number of nitrogens with zero attached hydrogens (tertiary/aromatic N) is 2. The first-order chi connectivity index (χ1) is 10.7. The highest BCUT2D eigenvalue weighted by Gasteiger charge is 2.06. The largest absolute Gasteiger partial charge is 0.459 e. The lowest BCUT2D eigenvalue weighted by Crippen LogP contribution is -2.04. The van der Waals surface area contributed by atoms with Gasteiger partial charge in [-0.2, -0.15) is 4.98 Å². The Morgan fingerprint density at radius 1 is 1.09 bits per heavy atom. The molecule has 1 unspecified atom stereocenters. The molecule has 22 heavy (non-hydrogen) atoms. The van der Waals surface area contributed by atoms with E-state index in [-0.39, 0.29) is 0 Å². The van der Waals surface area contributed by atoms with Crippen LogP contribution >= 0.6 is 0 Å². The third-order valence-electron chi connectivity index (χ3n) is 3.84. The lowest BCUT2D eigenvalue weighted by atomic mass is 9.92. The molecule has 0 amide bonds. The Balaban J connectivity index is 1.88. The number of hydrogen-bond acceptors (Lipinski definition) is 4. The second-order valence-corrected chi connectivity index (χ2v) is 5.64. The standard InChI is InChI=1S/C18H25N3O/c1-3-5-14(4-2)12-15-6-8-16(9-7-15)13-22-18-20-11-10-17(19)21-18/h6-11,14H,3-5,12-13H2,1-2H3,(H2,19,20,21). The molecule has 2 N–H and O–H groups in total. The zero-order chi connectivity index (χ0) is 15.8. The molecule has 2 rings (SSSR count). The molecule has 1 atom stereocenters. The van der Waals surface area contributed by atoms with E-state index in [4.69, 9.17) is 10.5 Å². The minimum absolute atomic E-state index is 0.318. The van der Waals surface area contributed by atoms with Crippen molar-refractivity contribution in [2.45, 2.75) is 46.1 Å². The second-order valence-electron chi connectivity index (χ2n) is 5.64. The van der Waals surface area contributed by atoms with E-state index in [0.717, 1.165) is 17.9 Å². The third-order valence-corrected chi connectivity index (χ3v) is 3.84. The minimum Gasteiger partial charge on any atom is -0.459 e. The van der Waals surface area contributed by atoms with Crippen molar-refractivity contribution in [2.75, 3.05) is 5.73 Å². The lowest BCUT2D eigenvalue weighted by molar-refractivity contribution is 0.281. The fourth-order valence-electron chi connectivity index (χ4n) is 2.54. The minimum atomic E-state index is 0.318. The van der Waals surface area contributed by atoms with Crippen LogP contribution in [0.4, 0.5) is 5.82 Å². The number of rotatable bonds is 8. The maximum absolute atomic E-state index is 5.60. The van der Waals surface area contributed by atoms with Crippen molar-refractivity contribution in [1.82, 2.24) is 9.97 Å². The first-order valence-electron chi connectivity index (χ1n) is 8.00. The van der Waals surface area contributed by atoms with Gasteiger partial charge in [-0.25, -0.2) is 4.98 Å². The van der Waals surface area contributed by atoms with Gasteiger partial charge in [-0.1, -0.05) is 57.4 Å². The van der Waals surface area contributed by atoms with E-state index in [2.05, 4.69) is 48.1 Å². The molecule has 1 aromatic heterocycles. The summed E-state index contributed by atoms with van der Waals surface area (Å²) in [7, 11) is 0. The summed E-state index contributed by atoms with van der Waals surface area (Å²) in [6.45, 7) is 4.98. The number of ether oxygens (including phenoxy) is 1.